The van der Waals surface area contributed by atoms with Crippen molar-refractivity contribution in [2.75, 3.05) is 0 Å². The zero-order valence-electron chi connectivity index (χ0n) is 11.1. The van der Waals surface area contributed by atoms with Crippen LogP contribution >= 0.6 is 11.6 Å². The van der Waals surface area contributed by atoms with Crippen LogP contribution in [0.25, 0.3) is 10.9 Å². The third kappa shape index (κ3) is 2.78. The number of aromatic nitrogens is 1. The average Bonchev–Trinajstić information content (AvgIpc) is 2.47. The van der Waals surface area contributed by atoms with Crippen molar-refractivity contribution in [3.05, 3.63) is 41.0 Å². The first-order valence-corrected chi connectivity index (χ1v) is 7.38. The van der Waals surface area contributed by atoms with E-state index in [-0.39, 0.29) is 12.1 Å². The Labute approximate surface area is 122 Å². The highest BCUT2D eigenvalue weighted by Crippen LogP contribution is 2.25. The number of fused-ring (bicyclic) bond motifs is 1. The number of ether oxygens (including phenoxy) is 1. The molecule has 0 N–H and O–H groups in total. The Kier molecular flexibility index (Phi) is 3.88. The fourth-order valence-corrected chi connectivity index (χ4v) is 2.91. The lowest BCUT2D eigenvalue weighted by atomic mass is 9.98. The Balaban J connectivity index is 1.90. The Hall–Kier alpha value is -1.61. The minimum Gasteiger partial charge on any atom is -0.459 e. The molecule has 104 valence electrons. The lowest BCUT2D eigenvalue weighted by Crippen LogP contribution is -2.21. The minimum absolute atomic E-state index is 0.0435. The number of carbonyl (C=O) groups is 1. The number of para-hydroxylation sites is 1. The number of hydrogen-bond donors (Lipinski definition) is 0. The first-order chi connectivity index (χ1) is 9.74. The highest BCUT2D eigenvalue weighted by Gasteiger charge is 2.20. The molecule has 1 saturated carbocycles. The normalized spacial score (nSPS) is 16.2. The largest absolute Gasteiger partial charge is 0.459 e. The van der Waals surface area contributed by atoms with Crippen molar-refractivity contribution in [1.82, 2.24) is 4.98 Å². The van der Waals surface area contributed by atoms with Crippen molar-refractivity contribution in [3.8, 4) is 0 Å². The monoisotopic (exact) mass is 289 g/mol. The van der Waals surface area contributed by atoms with Gasteiger partial charge in [0.05, 0.1) is 11.1 Å². The lowest BCUT2D eigenvalue weighted by molar-refractivity contribution is 0.0213. The Morgan fingerprint density at radius 1 is 1.20 bits per heavy atom. The van der Waals surface area contributed by atoms with Crippen LogP contribution in [0.5, 0.6) is 0 Å². The van der Waals surface area contributed by atoms with Crippen molar-refractivity contribution in [2.24, 2.45) is 0 Å². The summed E-state index contributed by atoms with van der Waals surface area (Å²) in [5, 5.41) is 1.11. The maximum absolute atomic E-state index is 12.4. The van der Waals surface area contributed by atoms with E-state index in [9.17, 15) is 4.79 Å². The summed E-state index contributed by atoms with van der Waals surface area (Å²) in [5.41, 5.74) is 1.22. The second kappa shape index (κ2) is 5.80. The van der Waals surface area contributed by atoms with Crippen LogP contribution in [0.1, 0.15) is 42.5 Å². The molecule has 0 atom stereocenters. The molecule has 0 spiro atoms. The van der Waals surface area contributed by atoms with Crippen LogP contribution in [-0.2, 0) is 4.74 Å². The predicted molar refractivity (Wildman–Crippen MR) is 79.0 cm³/mol. The van der Waals surface area contributed by atoms with E-state index >= 15 is 0 Å². The van der Waals surface area contributed by atoms with Crippen LogP contribution in [0.15, 0.2) is 30.3 Å². The molecule has 1 heterocycles. The lowest BCUT2D eigenvalue weighted by Gasteiger charge is -2.22. The molecular formula is C16H16ClNO2. The molecular weight excluding hydrogens is 274 g/mol. The third-order valence-electron chi connectivity index (χ3n) is 3.73. The summed E-state index contributed by atoms with van der Waals surface area (Å²) < 4.78 is 5.62. The van der Waals surface area contributed by atoms with Crippen LogP contribution in [0.2, 0.25) is 5.15 Å². The number of rotatable bonds is 2. The topological polar surface area (TPSA) is 39.2 Å². The van der Waals surface area contributed by atoms with Gasteiger partial charge >= 0.3 is 5.97 Å². The van der Waals surface area contributed by atoms with Crippen molar-refractivity contribution in [2.45, 2.75) is 38.2 Å². The summed E-state index contributed by atoms with van der Waals surface area (Å²) in [6.45, 7) is 0. The Bertz CT molecular complexity index is 635. The van der Waals surface area contributed by atoms with Gasteiger partial charge in [-0.25, -0.2) is 9.78 Å². The zero-order valence-corrected chi connectivity index (χ0v) is 11.9. The van der Waals surface area contributed by atoms with E-state index < -0.39 is 0 Å². The minimum atomic E-state index is -0.294. The highest BCUT2D eigenvalue weighted by atomic mass is 35.5. The second-order valence-corrected chi connectivity index (χ2v) is 5.56. The first kappa shape index (κ1) is 13.4. The molecule has 0 radical (unpaired) electrons. The highest BCUT2D eigenvalue weighted by molar-refractivity contribution is 6.30. The van der Waals surface area contributed by atoms with Crippen LogP contribution < -0.4 is 0 Å². The van der Waals surface area contributed by atoms with Gasteiger partial charge in [-0.2, -0.15) is 0 Å². The summed E-state index contributed by atoms with van der Waals surface area (Å²) >= 11 is 5.99. The van der Waals surface area contributed by atoms with Gasteiger partial charge in [-0.05, 0) is 37.8 Å². The fraction of sp³-hybridized carbons (Fsp3) is 0.375. The van der Waals surface area contributed by atoms with Crippen molar-refractivity contribution in [3.63, 3.8) is 0 Å². The summed E-state index contributed by atoms with van der Waals surface area (Å²) in [6.07, 6.45) is 5.47. The summed E-state index contributed by atoms with van der Waals surface area (Å²) in [5.74, 6) is -0.294. The SMILES string of the molecule is O=C(OC1CCCCC1)c1cc(Cl)nc2ccccc12. The number of pyridine rings is 1. The van der Waals surface area contributed by atoms with Gasteiger partial charge in [-0.3, -0.25) is 0 Å². The van der Waals surface area contributed by atoms with Gasteiger partial charge in [-0.15, -0.1) is 0 Å². The van der Waals surface area contributed by atoms with E-state index in [1.54, 1.807) is 6.07 Å². The molecule has 3 rings (SSSR count). The number of halogens is 1. The predicted octanol–water partition coefficient (Wildman–Crippen LogP) is 4.38. The first-order valence-electron chi connectivity index (χ1n) is 7.00. The number of benzene rings is 1. The molecule has 0 unspecified atom stereocenters. The molecule has 0 saturated heterocycles. The van der Waals surface area contributed by atoms with Gasteiger partial charge in [-0.1, -0.05) is 36.2 Å². The summed E-state index contributed by atoms with van der Waals surface area (Å²) in [6, 6.07) is 9.07. The fourth-order valence-electron chi connectivity index (χ4n) is 2.71. The maximum Gasteiger partial charge on any atom is 0.339 e. The van der Waals surface area contributed by atoms with Crippen LogP contribution in [0.3, 0.4) is 0 Å². The van der Waals surface area contributed by atoms with E-state index in [4.69, 9.17) is 16.3 Å². The molecule has 1 aromatic carbocycles. The zero-order chi connectivity index (χ0) is 13.9. The molecule has 1 aromatic heterocycles. The van der Waals surface area contributed by atoms with Gasteiger partial charge in [0.25, 0.3) is 0 Å². The molecule has 1 aliphatic rings. The average molecular weight is 290 g/mol. The Morgan fingerprint density at radius 2 is 1.95 bits per heavy atom. The molecule has 4 heteroatoms. The standard InChI is InChI=1S/C16H16ClNO2/c17-15-10-13(12-8-4-5-9-14(12)18-15)16(19)20-11-6-2-1-3-7-11/h4-5,8-11H,1-3,6-7H2. The van der Waals surface area contributed by atoms with Crippen LogP contribution in [0.4, 0.5) is 0 Å². The molecule has 1 fully saturated rings. The van der Waals surface area contributed by atoms with Gasteiger partial charge < -0.3 is 4.74 Å². The van der Waals surface area contributed by atoms with Crippen LogP contribution in [-0.4, -0.2) is 17.1 Å². The Morgan fingerprint density at radius 3 is 2.75 bits per heavy atom. The molecule has 3 nitrogen and oxygen atoms in total. The number of hydrogen-bond acceptors (Lipinski definition) is 3. The molecule has 0 amide bonds. The van der Waals surface area contributed by atoms with Gasteiger partial charge in [0.2, 0.25) is 0 Å². The van der Waals surface area contributed by atoms with Crippen molar-refractivity contribution < 1.29 is 9.53 Å². The number of carbonyl (C=O) groups excluding carboxylic acids is 1. The van der Waals surface area contributed by atoms with E-state index in [0.717, 1.165) is 36.6 Å². The molecule has 0 aliphatic heterocycles. The third-order valence-corrected chi connectivity index (χ3v) is 3.92. The molecule has 2 aromatic rings. The van der Waals surface area contributed by atoms with E-state index in [1.165, 1.54) is 6.42 Å². The quantitative estimate of drug-likeness (QED) is 0.608. The van der Waals surface area contributed by atoms with Gasteiger partial charge in [0, 0.05) is 5.39 Å². The smallest absolute Gasteiger partial charge is 0.339 e. The van der Waals surface area contributed by atoms with Gasteiger partial charge in [0.15, 0.2) is 0 Å². The van der Waals surface area contributed by atoms with E-state index in [2.05, 4.69) is 4.98 Å². The number of esters is 1. The molecule has 20 heavy (non-hydrogen) atoms. The number of nitrogens with zero attached hydrogens (tertiary/aromatic N) is 1. The second-order valence-electron chi connectivity index (χ2n) is 5.18. The van der Waals surface area contributed by atoms with E-state index in [0.29, 0.717) is 10.7 Å². The maximum atomic E-state index is 12.4. The van der Waals surface area contributed by atoms with Crippen molar-refractivity contribution in [1.29, 1.82) is 0 Å². The van der Waals surface area contributed by atoms with Crippen molar-refractivity contribution >= 4 is 28.5 Å². The van der Waals surface area contributed by atoms with Crippen LogP contribution in [0, 0.1) is 0 Å². The summed E-state index contributed by atoms with van der Waals surface area (Å²) in [4.78, 5) is 16.6. The van der Waals surface area contributed by atoms with Gasteiger partial charge in [0.1, 0.15) is 11.3 Å². The molecule has 0 bridgehead atoms. The summed E-state index contributed by atoms with van der Waals surface area (Å²) in [7, 11) is 0. The molecule has 1 aliphatic carbocycles. The van der Waals surface area contributed by atoms with E-state index in [1.807, 2.05) is 24.3 Å².